The standard InChI is InChI=1S/C14H25N/c1-7-9-10-12(5)13(6)15-14(8-2)11(3)4/h8,12H,3,7,9-10H2,1-2,4-6H3/b14-8-,15-13+. The smallest absolute Gasteiger partial charge is 0.0609 e. The molecule has 0 fully saturated rings. The first-order valence-electron chi connectivity index (χ1n) is 5.90. The van der Waals surface area contributed by atoms with Crippen molar-refractivity contribution in [3.8, 4) is 0 Å². The van der Waals surface area contributed by atoms with Gasteiger partial charge in [-0.25, -0.2) is 0 Å². The van der Waals surface area contributed by atoms with Crippen LogP contribution in [-0.2, 0) is 0 Å². The normalized spacial score (nSPS) is 15.3. The maximum Gasteiger partial charge on any atom is 0.0609 e. The fourth-order valence-electron chi connectivity index (χ4n) is 1.43. The van der Waals surface area contributed by atoms with Crippen LogP contribution in [0.15, 0.2) is 28.9 Å². The van der Waals surface area contributed by atoms with Crippen LogP contribution in [0.3, 0.4) is 0 Å². The van der Waals surface area contributed by atoms with Crippen LogP contribution in [-0.4, -0.2) is 5.71 Å². The molecular formula is C14H25N. The van der Waals surface area contributed by atoms with Gasteiger partial charge in [-0.1, -0.05) is 39.3 Å². The molecule has 0 heterocycles. The zero-order valence-corrected chi connectivity index (χ0v) is 10.9. The van der Waals surface area contributed by atoms with E-state index in [1.165, 1.54) is 25.0 Å². The summed E-state index contributed by atoms with van der Waals surface area (Å²) in [6.07, 6.45) is 5.80. The van der Waals surface area contributed by atoms with Gasteiger partial charge in [-0.05, 0) is 38.7 Å². The molecule has 0 aromatic carbocycles. The molecule has 0 aliphatic carbocycles. The Hall–Kier alpha value is -0.850. The number of allylic oxidation sites excluding steroid dienone is 2. The summed E-state index contributed by atoms with van der Waals surface area (Å²) in [6, 6.07) is 0. The van der Waals surface area contributed by atoms with E-state index in [2.05, 4.69) is 32.3 Å². The van der Waals surface area contributed by atoms with Gasteiger partial charge in [0.1, 0.15) is 0 Å². The molecule has 0 aromatic rings. The average Bonchev–Trinajstić information content (AvgIpc) is 2.21. The largest absolute Gasteiger partial charge is 0.258 e. The second kappa shape index (κ2) is 7.44. The quantitative estimate of drug-likeness (QED) is 0.440. The number of hydrogen-bond acceptors (Lipinski definition) is 1. The first kappa shape index (κ1) is 14.2. The first-order chi connectivity index (χ1) is 7.02. The maximum atomic E-state index is 4.63. The molecule has 0 spiro atoms. The molecule has 0 radical (unpaired) electrons. The molecule has 0 N–H and O–H groups in total. The van der Waals surface area contributed by atoms with Crippen LogP contribution in [0.2, 0.25) is 0 Å². The van der Waals surface area contributed by atoms with E-state index in [9.17, 15) is 0 Å². The van der Waals surface area contributed by atoms with E-state index in [0.717, 1.165) is 11.3 Å². The number of unbranched alkanes of at least 4 members (excludes halogenated alkanes) is 1. The van der Waals surface area contributed by atoms with Gasteiger partial charge in [-0.3, -0.25) is 4.99 Å². The highest BCUT2D eigenvalue weighted by Gasteiger charge is 2.05. The van der Waals surface area contributed by atoms with Crippen LogP contribution < -0.4 is 0 Å². The fourth-order valence-corrected chi connectivity index (χ4v) is 1.43. The number of nitrogens with zero attached hydrogens (tertiary/aromatic N) is 1. The first-order valence-corrected chi connectivity index (χ1v) is 5.90. The lowest BCUT2D eigenvalue weighted by atomic mass is 9.99. The highest BCUT2D eigenvalue weighted by molar-refractivity contribution is 5.85. The van der Waals surface area contributed by atoms with Gasteiger partial charge >= 0.3 is 0 Å². The Morgan fingerprint density at radius 1 is 1.40 bits per heavy atom. The van der Waals surface area contributed by atoms with Gasteiger partial charge in [0.25, 0.3) is 0 Å². The van der Waals surface area contributed by atoms with Gasteiger partial charge in [0, 0.05) is 5.71 Å². The molecule has 1 atom stereocenters. The summed E-state index contributed by atoms with van der Waals surface area (Å²) in [5, 5.41) is 0. The Kier molecular flexibility index (Phi) is 7.02. The molecule has 0 aromatic heterocycles. The second-order valence-corrected chi connectivity index (χ2v) is 4.25. The molecule has 1 nitrogen and oxygen atoms in total. The second-order valence-electron chi connectivity index (χ2n) is 4.25. The lowest BCUT2D eigenvalue weighted by Crippen LogP contribution is -2.07. The van der Waals surface area contributed by atoms with Crippen LogP contribution in [0.25, 0.3) is 0 Å². The topological polar surface area (TPSA) is 12.4 Å². The van der Waals surface area contributed by atoms with E-state index >= 15 is 0 Å². The van der Waals surface area contributed by atoms with Gasteiger partial charge in [-0.15, -0.1) is 0 Å². The average molecular weight is 207 g/mol. The van der Waals surface area contributed by atoms with E-state index in [1.807, 2.05) is 19.9 Å². The van der Waals surface area contributed by atoms with E-state index in [4.69, 9.17) is 0 Å². The van der Waals surface area contributed by atoms with Crippen LogP contribution in [0.5, 0.6) is 0 Å². The maximum absolute atomic E-state index is 4.63. The summed E-state index contributed by atoms with van der Waals surface area (Å²) in [4.78, 5) is 4.63. The molecule has 1 unspecified atom stereocenters. The van der Waals surface area contributed by atoms with Crippen molar-refractivity contribution in [1.82, 2.24) is 0 Å². The molecule has 0 bridgehead atoms. The van der Waals surface area contributed by atoms with Crippen molar-refractivity contribution >= 4 is 5.71 Å². The van der Waals surface area contributed by atoms with Gasteiger partial charge in [0.2, 0.25) is 0 Å². The van der Waals surface area contributed by atoms with Gasteiger partial charge < -0.3 is 0 Å². The molecule has 0 saturated carbocycles. The summed E-state index contributed by atoms with van der Waals surface area (Å²) >= 11 is 0. The lowest BCUT2D eigenvalue weighted by Gasteiger charge is -2.11. The van der Waals surface area contributed by atoms with Crippen LogP contribution in [0, 0.1) is 5.92 Å². The molecule has 0 aliphatic rings. The molecular weight excluding hydrogens is 182 g/mol. The van der Waals surface area contributed by atoms with Crippen LogP contribution >= 0.6 is 0 Å². The summed E-state index contributed by atoms with van der Waals surface area (Å²) in [7, 11) is 0. The minimum Gasteiger partial charge on any atom is -0.258 e. The van der Waals surface area contributed by atoms with Crippen LogP contribution in [0.1, 0.15) is 53.9 Å². The number of rotatable bonds is 6. The lowest BCUT2D eigenvalue weighted by molar-refractivity contribution is 0.622. The third kappa shape index (κ3) is 5.56. The third-order valence-electron chi connectivity index (χ3n) is 2.71. The van der Waals surface area contributed by atoms with E-state index in [-0.39, 0.29) is 0 Å². The molecule has 0 aliphatic heterocycles. The molecule has 0 rings (SSSR count). The van der Waals surface area contributed by atoms with E-state index < -0.39 is 0 Å². The highest BCUT2D eigenvalue weighted by Crippen LogP contribution is 2.14. The highest BCUT2D eigenvalue weighted by atomic mass is 14.8. The van der Waals surface area contributed by atoms with Crippen molar-refractivity contribution in [3.05, 3.63) is 23.9 Å². The summed E-state index contributed by atoms with van der Waals surface area (Å²) in [5.74, 6) is 0.583. The summed E-state index contributed by atoms with van der Waals surface area (Å²) in [6.45, 7) is 14.5. The fraction of sp³-hybridized carbons (Fsp3) is 0.643. The number of aliphatic imine (C=N–C) groups is 1. The predicted molar refractivity (Wildman–Crippen MR) is 70.4 cm³/mol. The van der Waals surface area contributed by atoms with Gasteiger partial charge in [-0.2, -0.15) is 0 Å². The Bertz CT molecular complexity index is 259. The Balaban J connectivity index is 4.46. The Morgan fingerprint density at radius 3 is 2.40 bits per heavy atom. The van der Waals surface area contributed by atoms with E-state index in [1.54, 1.807) is 0 Å². The molecule has 15 heavy (non-hydrogen) atoms. The minimum absolute atomic E-state index is 0.583. The SMILES string of the molecule is C=C(C)C(=C/C)/N=C(\C)C(C)CCCC. The molecule has 86 valence electrons. The minimum atomic E-state index is 0.583. The molecule has 0 amide bonds. The van der Waals surface area contributed by atoms with Gasteiger partial charge in [0.15, 0.2) is 0 Å². The molecule has 1 heteroatoms. The Morgan fingerprint density at radius 2 is 2.00 bits per heavy atom. The van der Waals surface area contributed by atoms with Crippen molar-refractivity contribution in [2.75, 3.05) is 0 Å². The summed E-state index contributed by atoms with van der Waals surface area (Å²) in [5.41, 5.74) is 3.29. The van der Waals surface area contributed by atoms with Crippen molar-refractivity contribution in [1.29, 1.82) is 0 Å². The number of hydrogen-bond donors (Lipinski definition) is 0. The predicted octanol–water partition coefficient (Wildman–Crippen LogP) is 4.75. The van der Waals surface area contributed by atoms with Crippen LogP contribution in [0.4, 0.5) is 0 Å². The third-order valence-corrected chi connectivity index (χ3v) is 2.71. The van der Waals surface area contributed by atoms with Crippen molar-refractivity contribution < 1.29 is 0 Å². The van der Waals surface area contributed by atoms with E-state index in [0.29, 0.717) is 5.92 Å². The summed E-state index contributed by atoms with van der Waals surface area (Å²) < 4.78 is 0. The van der Waals surface area contributed by atoms with Crippen molar-refractivity contribution in [3.63, 3.8) is 0 Å². The van der Waals surface area contributed by atoms with Crippen molar-refractivity contribution in [2.45, 2.75) is 53.9 Å². The molecule has 0 saturated heterocycles. The zero-order valence-electron chi connectivity index (χ0n) is 10.9. The monoisotopic (exact) mass is 207 g/mol. The van der Waals surface area contributed by atoms with Gasteiger partial charge in [0.05, 0.1) is 5.70 Å². The zero-order chi connectivity index (χ0) is 11.8. The van der Waals surface area contributed by atoms with Crippen molar-refractivity contribution in [2.24, 2.45) is 10.9 Å². The Labute approximate surface area is 95.0 Å².